The molecule has 3 rings (SSSR count). The van der Waals surface area contributed by atoms with E-state index in [0.29, 0.717) is 31.5 Å². The van der Waals surface area contributed by atoms with Crippen molar-refractivity contribution in [1.82, 2.24) is 9.80 Å². The molecule has 2 amide bonds. The molecule has 0 radical (unpaired) electrons. The molecule has 1 aromatic carbocycles. The standard InChI is InChI=1S/C23H34N2O3/c1-4-13-25(23(27)21-20(17(2)3)12-16-28-21)19-10-14-24(15-11-19)22(26)18-8-6-5-7-9-18/h5-9,17,19-21H,4,10-16H2,1-3H3/t20-,21-/m1/s1. The van der Waals surface area contributed by atoms with Crippen molar-refractivity contribution < 1.29 is 14.3 Å². The number of likely N-dealkylation sites (tertiary alicyclic amines) is 1. The van der Waals surface area contributed by atoms with Gasteiger partial charge in [-0.1, -0.05) is 39.0 Å². The molecule has 2 saturated heterocycles. The highest BCUT2D eigenvalue weighted by Crippen LogP contribution is 2.31. The summed E-state index contributed by atoms with van der Waals surface area (Å²) >= 11 is 0. The highest BCUT2D eigenvalue weighted by molar-refractivity contribution is 5.94. The summed E-state index contributed by atoms with van der Waals surface area (Å²) < 4.78 is 5.87. The van der Waals surface area contributed by atoms with Gasteiger partial charge in [-0.05, 0) is 49.7 Å². The van der Waals surface area contributed by atoms with Gasteiger partial charge in [0.2, 0.25) is 0 Å². The van der Waals surface area contributed by atoms with Crippen LogP contribution < -0.4 is 0 Å². The third kappa shape index (κ3) is 4.57. The van der Waals surface area contributed by atoms with Crippen molar-refractivity contribution in [1.29, 1.82) is 0 Å². The average molecular weight is 387 g/mol. The van der Waals surface area contributed by atoms with E-state index in [1.807, 2.05) is 35.2 Å². The monoisotopic (exact) mass is 386 g/mol. The summed E-state index contributed by atoms with van der Waals surface area (Å²) in [6, 6.07) is 9.65. The summed E-state index contributed by atoms with van der Waals surface area (Å²) in [5.41, 5.74) is 0.738. The molecular formula is C23H34N2O3. The molecule has 0 unspecified atom stereocenters. The van der Waals surface area contributed by atoms with Gasteiger partial charge in [0.15, 0.2) is 0 Å². The first-order valence-corrected chi connectivity index (χ1v) is 10.8. The van der Waals surface area contributed by atoms with Crippen LogP contribution in [0.15, 0.2) is 30.3 Å². The van der Waals surface area contributed by atoms with Crippen molar-refractivity contribution >= 4 is 11.8 Å². The lowest BCUT2D eigenvalue weighted by Crippen LogP contribution is -2.52. The van der Waals surface area contributed by atoms with Crippen LogP contribution in [0.2, 0.25) is 0 Å². The van der Waals surface area contributed by atoms with E-state index in [-0.39, 0.29) is 24.0 Å². The molecule has 2 heterocycles. The number of hydrogen-bond acceptors (Lipinski definition) is 3. The van der Waals surface area contributed by atoms with Crippen LogP contribution in [0.1, 0.15) is 56.8 Å². The lowest BCUT2D eigenvalue weighted by atomic mass is 9.88. The second-order valence-corrected chi connectivity index (χ2v) is 8.41. The maximum Gasteiger partial charge on any atom is 0.253 e. The molecule has 0 aliphatic carbocycles. The smallest absolute Gasteiger partial charge is 0.253 e. The number of piperidine rings is 1. The van der Waals surface area contributed by atoms with E-state index in [1.165, 1.54) is 0 Å². The molecule has 154 valence electrons. The molecule has 0 N–H and O–H groups in total. The van der Waals surface area contributed by atoms with E-state index in [2.05, 4.69) is 25.7 Å². The van der Waals surface area contributed by atoms with Gasteiger partial charge in [0, 0.05) is 37.8 Å². The molecule has 28 heavy (non-hydrogen) atoms. The van der Waals surface area contributed by atoms with Gasteiger partial charge in [0.05, 0.1) is 0 Å². The fraction of sp³-hybridized carbons (Fsp3) is 0.652. The van der Waals surface area contributed by atoms with Crippen LogP contribution in [-0.2, 0) is 9.53 Å². The Hall–Kier alpha value is -1.88. The Kier molecular flexibility index (Phi) is 7.11. The van der Waals surface area contributed by atoms with Crippen molar-refractivity contribution in [2.45, 2.75) is 58.6 Å². The first-order chi connectivity index (χ1) is 13.5. The van der Waals surface area contributed by atoms with Crippen LogP contribution in [0.25, 0.3) is 0 Å². The molecule has 0 saturated carbocycles. The minimum absolute atomic E-state index is 0.0893. The Bertz CT molecular complexity index is 653. The van der Waals surface area contributed by atoms with Gasteiger partial charge >= 0.3 is 0 Å². The minimum atomic E-state index is -0.296. The van der Waals surface area contributed by atoms with E-state index in [0.717, 1.165) is 37.8 Å². The summed E-state index contributed by atoms with van der Waals surface area (Å²) in [7, 11) is 0. The molecular weight excluding hydrogens is 352 g/mol. The third-order valence-corrected chi connectivity index (χ3v) is 6.20. The molecule has 2 aliphatic heterocycles. The first kappa shape index (κ1) is 20.8. The van der Waals surface area contributed by atoms with Crippen molar-refractivity contribution in [2.24, 2.45) is 11.8 Å². The maximum absolute atomic E-state index is 13.3. The predicted molar refractivity (Wildman–Crippen MR) is 110 cm³/mol. The van der Waals surface area contributed by atoms with E-state index in [4.69, 9.17) is 4.74 Å². The van der Waals surface area contributed by atoms with E-state index < -0.39 is 0 Å². The highest BCUT2D eigenvalue weighted by Gasteiger charge is 2.40. The summed E-state index contributed by atoms with van der Waals surface area (Å²) in [5, 5.41) is 0. The second kappa shape index (κ2) is 9.55. The van der Waals surface area contributed by atoms with E-state index in [1.54, 1.807) is 0 Å². The van der Waals surface area contributed by atoms with Crippen LogP contribution in [0, 0.1) is 11.8 Å². The predicted octanol–water partition coefficient (Wildman–Crippen LogP) is 3.59. The number of rotatable bonds is 6. The Balaban J connectivity index is 1.63. The first-order valence-electron chi connectivity index (χ1n) is 10.8. The van der Waals surface area contributed by atoms with Crippen LogP contribution in [0.5, 0.6) is 0 Å². The Morgan fingerprint density at radius 1 is 1.14 bits per heavy atom. The largest absolute Gasteiger partial charge is 0.368 e. The SMILES string of the molecule is CCCN(C(=O)[C@@H]1OCC[C@@H]1C(C)C)C1CCN(C(=O)c2ccccc2)CC1. The number of benzene rings is 1. The van der Waals surface area contributed by atoms with Crippen molar-refractivity contribution in [3.05, 3.63) is 35.9 Å². The molecule has 5 nitrogen and oxygen atoms in total. The molecule has 1 aromatic rings. The van der Waals surface area contributed by atoms with Gasteiger partial charge in [0.1, 0.15) is 6.10 Å². The molecule has 5 heteroatoms. The summed E-state index contributed by atoms with van der Waals surface area (Å²) in [4.78, 5) is 30.0. The normalized spacial score (nSPS) is 23.2. The number of hydrogen-bond donors (Lipinski definition) is 0. The lowest BCUT2D eigenvalue weighted by Gasteiger charge is -2.40. The molecule has 0 bridgehead atoms. The number of nitrogens with zero attached hydrogens (tertiary/aromatic N) is 2. The van der Waals surface area contributed by atoms with Gasteiger partial charge in [-0.2, -0.15) is 0 Å². The second-order valence-electron chi connectivity index (χ2n) is 8.41. The molecule has 2 atom stereocenters. The minimum Gasteiger partial charge on any atom is -0.368 e. The van der Waals surface area contributed by atoms with E-state index >= 15 is 0 Å². The Morgan fingerprint density at radius 2 is 1.82 bits per heavy atom. The summed E-state index contributed by atoms with van der Waals surface area (Å²) in [6.45, 7) is 9.32. The van der Waals surface area contributed by atoms with Crippen molar-refractivity contribution in [3.63, 3.8) is 0 Å². The quantitative estimate of drug-likeness (QED) is 0.751. The topological polar surface area (TPSA) is 49.9 Å². The zero-order chi connectivity index (χ0) is 20.1. The third-order valence-electron chi connectivity index (χ3n) is 6.20. The van der Waals surface area contributed by atoms with Crippen LogP contribution >= 0.6 is 0 Å². The highest BCUT2D eigenvalue weighted by atomic mass is 16.5. The Labute approximate surface area is 169 Å². The molecule has 0 spiro atoms. The number of amides is 2. The molecule has 0 aromatic heterocycles. The Morgan fingerprint density at radius 3 is 2.43 bits per heavy atom. The van der Waals surface area contributed by atoms with Gasteiger partial charge in [-0.15, -0.1) is 0 Å². The van der Waals surface area contributed by atoms with Crippen LogP contribution in [0.4, 0.5) is 0 Å². The van der Waals surface area contributed by atoms with Gasteiger partial charge in [-0.3, -0.25) is 9.59 Å². The lowest BCUT2D eigenvalue weighted by molar-refractivity contribution is -0.146. The summed E-state index contributed by atoms with van der Waals surface area (Å²) in [5.74, 6) is 1.01. The maximum atomic E-state index is 13.3. The van der Waals surface area contributed by atoms with Gasteiger partial charge in [0.25, 0.3) is 11.8 Å². The van der Waals surface area contributed by atoms with Crippen molar-refractivity contribution in [3.8, 4) is 0 Å². The number of carbonyl (C=O) groups excluding carboxylic acids is 2. The van der Waals surface area contributed by atoms with Crippen LogP contribution in [-0.4, -0.2) is 60.0 Å². The van der Waals surface area contributed by atoms with E-state index in [9.17, 15) is 9.59 Å². The van der Waals surface area contributed by atoms with Gasteiger partial charge < -0.3 is 14.5 Å². The average Bonchev–Trinajstić information content (AvgIpc) is 3.22. The molecule has 2 fully saturated rings. The number of carbonyl (C=O) groups is 2. The fourth-order valence-corrected chi connectivity index (χ4v) is 4.56. The van der Waals surface area contributed by atoms with Crippen molar-refractivity contribution in [2.75, 3.05) is 26.2 Å². The molecule has 2 aliphatic rings. The summed E-state index contributed by atoms with van der Waals surface area (Å²) in [6.07, 6.45) is 3.29. The number of ether oxygens (including phenoxy) is 1. The zero-order valence-electron chi connectivity index (χ0n) is 17.5. The van der Waals surface area contributed by atoms with Crippen LogP contribution in [0.3, 0.4) is 0 Å². The fourth-order valence-electron chi connectivity index (χ4n) is 4.56. The van der Waals surface area contributed by atoms with Gasteiger partial charge in [-0.25, -0.2) is 0 Å². The zero-order valence-corrected chi connectivity index (χ0v) is 17.5.